The predicted molar refractivity (Wildman–Crippen MR) is 266 cm³/mol. The van der Waals surface area contributed by atoms with Crippen LogP contribution in [0.25, 0.3) is 60.9 Å². The van der Waals surface area contributed by atoms with E-state index in [0.29, 0.717) is 0 Å². The molecule has 3 nitrogen and oxygen atoms in total. The van der Waals surface area contributed by atoms with Gasteiger partial charge in [0, 0.05) is 50.6 Å². The van der Waals surface area contributed by atoms with Crippen molar-refractivity contribution in [3.63, 3.8) is 0 Å². The number of fused-ring (bicyclic) bond motifs is 3. The Morgan fingerprint density at radius 3 is 0.968 bits per heavy atom. The van der Waals surface area contributed by atoms with Gasteiger partial charge in [0.15, 0.2) is 0 Å². The van der Waals surface area contributed by atoms with Crippen LogP contribution < -0.4 is 9.80 Å². The van der Waals surface area contributed by atoms with E-state index in [0.717, 1.165) is 50.9 Å². The van der Waals surface area contributed by atoms with Gasteiger partial charge < -0.3 is 14.4 Å². The van der Waals surface area contributed by atoms with Gasteiger partial charge in [-0.3, -0.25) is 0 Å². The summed E-state index contributed by atoms with van der Waals surface area (Å²) in [4.78, 5) is 4.74. The number of hydrogen-bond acceptors (Lipinski definition) is 2. The highest BCUT2D eigenvalue weighted by atomic mass is 15.2. The summed E-state index contributed by atoms with van der Waals surface area (Å²) >= 11 is 0. The predicted octanol–water partition coefficient (Wildman–Crippen LogP) is 16.7. The molecule has 1 heterocycles. The highest BCUT2D eigenvalue weighted by Crippen LogP contribution is 2.44. The molecule has 0 bridgehead atoms. The molecular weight excluding hydrogens is 763 g/mol. The highest BCUT2D eigenvalue weighted by molar-refractivity contribution is 6.09. The van der Waals surface area contributed by atoms with Crippen LogP contribution in [0.2, 0.25) is 0 Å². The first kappa shape index (κ1) is 37.6. The van der Waals surface area contributed by atoms with Crippen molar-refractivity contribution < 1.29 is 0 Å². The lowest BCUT2D eigenvalue weighted by molar-refractivity contribution is 1.18. The first-order valence-corrected chi connectivity index (χ1v) is 21.5. The number of rotatable bonds is 10. The summed E-state index contributed by atoms with van der Waals surface area (Å²) in [6, 6.07) is 93.8. The summed E-state index contributed by atoms with van der Waals surface area (Å²) < 4.78 is 2.38. The summed E-state index contributed by atoms with van der Waals surface area (Å²) in [6.07, 6.45) is 0. The Labute approximate surface area is 368 Å². The van der Waals surface area contributed by atoms with Crippen molar-refractivity contribution in [3.8, 4) is 39.1 Å². The summed E-state index contributed by atoms with van der Waals surface area (Å²) in [7, 11) is 0. The largest absolute Gasteiger partial charge is 0.310 e. The molecule has 10 aromatic carbocycles. The summed E-state index contributed by atoms with van der Waals surface area (Å²) in [5.74, 6) is 0. The normalized spacial score (nSPS) is 11.2. The molecule has 11 aromatic rings. The molecule has 0 aliphatic carbocycles. The maximum absolute atomic E-state index is 2.38. The summed E-state index contributed by atoms with van der Waals surface area (Å²) in [5, 5.41) is 2.51. The first-order valence-electron chi connectivity index (χ1n) is 21.5. The second-order valence-corrected chi connectivity index (χ2v) is 15.8. The highest BCUT2D eigenvalue weighted by Gasteiger charge is 2.20. The Hall–Kier alpha value is -8.40. The molecular formula is C60H43N3. The van der Waals surface area contributed by atoms with Gasteiger partial charge in [0.1, 0.15) is 0 Å². The molecule has 0 radical (unpaired) electrons. The molecule has 0 saturated heterocycles. The van der Waals surface area contributed by atoms with Crippen molar-refractivity contribution in [2.45, 2.75) is 0 Å². The Bertz CT molecular complexity index is 3090. The van der Waals surface area contributed by atoms with E-state index in [-0.39, 0.29) is 0 Å². The number of benzene rings is 10. The molecule has 0 fully saturated rings. The molecule has 3 heteroatoms. The molecule has 63 heavy (non-hydrogen) atoms. The second kappa shape index (κ2) is 16.6. The van der Waals surface area contributed by atoms with Crippen molar-refractivity contribution in [1.82, 2.24) is 4.57 Å². The van der Waals surface area contributed by atoms with E-state index < -0.39 is 0 Å². The van der Waals surface area contributed by atoms with E-state index in [9.17, 15) is 0 Å². The zero-order chi connectivity index (χ0) is 42.0. The van der Waals surface area contributed by atoms with E-state index >= 15 is 0 Å². The van der Waals surface area contributed by atoms with Crippen LogP contribution in [0.1, 0.15) is 0 Å². The lowest BCUT2D eigenvalue weighted by Crippen LogP contribution is -2.13. The number of anilines is 6. The minimum absolute atomic E-state index is 1.05. The lowest BCUT2D eigenvalue weighted by atomic mass is 10.0. The molecule has 0 N–H and O–H groups in total. The van der Waals surface area contributed by atoms with Crippen LogP contribution >= 0.6 is 0 Å². The number of para-hydroxylation sites is 4. The van der Waals surface area contributed by atoms with Gasteiger partial charge >= 0.3 is 0 Å². The van der Waals surface area contributed by atoms with Crippen molar-refractivity contribution >= 4 is 55.9 Å². The van der Waals surface area contributed by atoms with Crippen molar-refractivity contribution in [3.05, 3.63) is 261 Å². The number of aromatic nitrogens is 1. The van der Waals surface area contributed by atoms with Crippen LogP contribution in [0.4, 0.5) is 34.1 Å². The van der Waals surface area contributed by atoms with Gasteiger partial charge in [-0.15, -0.1) is 0 Å². The van der Waals surface area contributed by atoms with E-state index in [4.69, 9.17) is 0 Å². The van der Waals surface area contributed by atoms with Crippen molar-refractivity contribution in [1.29, 1.82) is 0 Å². The third-order valence-corrected chi connectivity index (χ3v) is 12.0. The SMILES string of the molecule is c1ccc(-c2ccc(N(c3ccccc3)c3cc(-c4ccc(-n5c6ccccc6c6ccccc65)cc4)cc(N(c4ccccc4)c4ccc(-c5ccccc5)cc4)c3)cc2)cc1. The average Bonchev–Trinajstić information content (AvgIpc) is 3.70. The van der Waals surface area contributed by atoms with Crippen LogP contribution in [0.3, 0.4) is 0 Å². The molecule has 0 aliphatic rings. The molecule has 11 rings (SSSR count). The van der Waals surface area contributed by atoms with E-state index in [2.05, 4.69) is 275 Å². The Balaban J connectivity index is 1.09. The summed E-state index contributed by atoms with van der Waals surface area (Å²) in [6.45, 7) is 0. The van der Waals surface area contributed by atoms with Gasteiger partial charge in [0.25, 0.3) is 0 Å². The standard InChI is InChI=1S/C60H43N3/c1-5-17-44(18-6-1)46-29-35-52(36-30-46)61(50-21-9-3-10-22-50)55-41-49(48-33-39-54(40-34-48)63-59-27-15-13-25-57(59)58-26-14-16-28-60(58)63)42-56(43-55)62(51-23-11-4-12-24-51)53-37-31-47(32-38-53)45-19-7-2-8-20-45/h1-43H. The van der Waals surface area contributed by atoms with Crippen LogP contribution in [0, 0.1) is 0 Å². The van der Waals surface area contributed by atoms with E-state index in [1.165, 1.54) is 44.1 Å². The maximum Gasteiger partial charge on any atom is 0.0541 e. The Morgan fingerprint density at radius 2 is 0.540 bits per heavy atom. The van der Waals surface area contributed by atoms with Gasteiger partial charge in [-0.05, 0) is 124 Å². The minimum atomic E-state index is 1.05. The molecule has 0 spiro atoms. The molecule has 0 atom stereocenters. The number of nitrogens with zero attached hydrogens (tertiary/aromatic N) is 3. The van der Waals surface area contributed by atoms with Crippen LogP contribution in [0.15, 0.2) is 261 Å². The van der Waals surface area contributed by atoms with E-state index in [1.807, 2.05) is 0 Å². The summed E-state index contributed by atoms with van der Waals surface area (Å²) in [5.41, 5.74) is 16.9. The van der Waals surface area contributed by atoms with Gasteiger partial charge in [-0.2, -0.15) is 0 Å². The fourth-order valence-corrected chi connectivity index (χ4v) is 8.94. The van der Waals surface area contributed by atoms with Gasteiger partial charge in [0.2, 0.25) is 0 Å². The topological polar surface area (TPSA) is 11.4 Å². The maximum atomic E-state index is 2.38. The zero-order valence-electron chi connectivity index (χ0n) is 34.7. The van der Waals surface area contributed by atoms with Gasteiger partial charge in [-0.25, -0.2) is 0 Å². The third-order valence-electron chi connectivity index (χ3n) is 12.0. The number of hydrogen-bond donors (Lipinski definition) is 0. The Kier molecular flexibility index (Phi) is 9.89. The molecule has 0 aliphatic heterocycles. The van der Waals surface area contributed by atoms with Gasteiger partial charge in [0.05, 0.1) is 11.0 Å². The van der Waals surface area contributed by atoms with E-state index in [1.54, 1.807) is 0 Å². The molecule has 0 saturated carbocycles. The average molecular weight is 806 g/mol. The smallest absolute Gasteiger partial charge is 0.0541 e. The van der Waals surface area contributed by atoms with Crippen LogP contribution in [0.5, 0.6) is 0 Å². The second-order valence-electron chi connectivity index (χ2n) is 15.8. The van der Waals surface area contributed by atoms with Gasteiger partial charge in [-0.1, -0.05) is 170 Å². The molecule has 0 amide bonds. The van der Waals surface area contributed by atoms with Crippen LogP contribution in [-0.2, 0) is 0 Å². The Morgan fingerprint density at radius 1 is 0.222 bits per heavy atom. The van der Waals surface area contributed by atoms with Crippen molar-refractivity contribution in [2.24, 2.45) is 0 Å². The first-order chi connectivity index (χ1) is 31.2. The molecule has 1 aromatic heterocycles. The fraction of sp³-hybridized carbons (Fsp3) is 0. The fourth-order valence-electron chi connectivity index (χ4n) is 8.94. The third kappa shape index (κ3) is 7.32. The van der Waals surface area contributed by atoms with Crippen LogP contribution in [-0.4, -0.2) is 4.57 Å². The monoisotopic (exact) mass is 805 g/mol. The quantitative estimate of drug-likeness (QED) is 0.136. The molecule has 0 unspecified atom stereocenters. The minimum Gasteiger partial charge on any atom is -0.310 e. The molecule has 298 valence electrons. The lowest BCUT2D eigenvalue weighted by Gasteiger charge is -2.30. The zero-order valence-corrected chi connectivity index (χ0v) is 34.7. The van der Waals surface area contributed by atoms with Crippen molar-refractivity contribution in [2.75, 3.05) is 9.80 Å².